The number of anilines is 1. The first-order chi connectivity index (χ1) is 8.13. The standard InChI is InChI=1S/C14H22N2O/c1-4-8-11(2)15-14(17)12(3)16-13-9-6-5-7-10-13/h5-7,9-12,16H,4,8H2,1-3H3,(H,15,17). The molecule has 0 spiro atoms. The molecule has 2 unspecified atom stereocenters. The maximum Gasteiger partial charge on any atom is 0.242 e. The summed E-state index contributed by atoms with van der Waals surface area (Å²) in [6, 6.07) is 9.81. The van der Waals surface area contributed by atoms with Gasteiger partial charge in [-0.05, 0) is 32.4 Å². The second kappa shape index (κ2) is 6.94. The molecule has 1 rings (SSSR count). The van der Waals surface area contributed by atoms with Crippen molar-refractivity contribution >= 4 is 11.6 Å². The highest BCUT2D eigenvalue weighted by Gasteiger charge is 2.14. The Morgan fingerprint density at radius 1 is 1.24 bits per heavy atom. The molecule has 0 fully saturated rings. The van der Waals surface area contributed by atoms with Gasteiger partial charge in [-0.15, -0.1) is 0 Å². The molecule has 1 amide bonds. The van der Waals surface area contributed by atoms with Gasteiger partial charge in [0.1, 0.15) is 6.04 Å². The van der Waals surface area contributed by atoms with Gasteiger partial charge in [-0.25, -0.2) is 0 Å². The van der Waals surface area contributed by atoms with Crippen molar-refractivity contribution in [3.63, 3.8) is 0 Å². The number of nitrogens with one attached hydrogen (secondary N) is 2. The summed E-state index contributed by atoms with van der Waals surface area (Å²) < 4.78 is 0. The van der Waals surface area contributed by atoms with Crippen molar-refractivity contribution < 1.29 is 4.79 Å². The summed E-state index contributed by atoms with van der Waals surface area (Å²) in [6.07, 6.45) is 2.10. The number of hydrogen-bond donors (Lipinski definition) is 2. The normalized spacial score (nSPS) is 13.8. The van der Waals surface area contributed by atoms with Crippen LogP contribution in [0.1, 0.15) is 33.6 Å². The Labute approximate surface area is 104 Å². The Hall–Kier alpha value is -1.51. The van der Waals surface area contributed by atoms with E-state index in [0.29, 0.717) is 0 Å². The van der Waals surface area contributed by atoms with Gasteiger partial charge < -0.3 is 10.6 Å². The Morgan fingerprint density at radius 2 is 1.88 bits per heavy atom. The van der Waals surface area contributed by atoms with E-state index in [-0.39, 0.29) is 18.0 Å². The second-order valence-corrected chi connectivity index (χ2v) is 4.43. The fraction of sp³-hybridized carbons (Fsp3) is 0.500. The van der Waals surface area contributed by atoms with Crippen LogP contribution in [0.2, 0.25) is 0 Å². The highest BCUT2D eigenvalue weighted by molar-refractivity contribution is 5.84. The van der Waals surface area contributed by atoms with E-state index in [9.17, 15) is 4.79 Å². The number of para-hydroxylation sites is 1. The maximum atomic E-state index is 11.9. The van der Waals surface area contributed by atoms with Crippen LogP contribution in [-0.4, -0.2) is 18.0 Å². The number of rotatable bonds is 6. The lowest BCUT2D eigenvalue weighted by Gasteiger charge is -2.18. The minimum absolute atomic E-state index is 0.0507. The van der Waals surface area contributed by atoms with Gasteiger partial charge >= 0.3 is 0 Å². The van der Waals surface area contributed by atoms with Crippen LogP contribution >= 0.6 is 0 Å². The zero-order valence-corrected chi connectivity index (χ0v) is 10.9. The lowest BCUT2D eigenvalue weighted by Crippen LogP contribution is -2.42. The SMILES string of the molecule is CCCC(C)NC(=O)C(C)Nc1ccccc1. The minimum atomic E-state index is -0.211. The quantitative estimate of drug-likeness (QED) is 0.794. The lowest BCUT2D eigenvalue weighted by atomic mass is 10.2. The predicted octanol–water partition coefficient (Wildman–Crippen LogP) is 2.79. The van der Waals surface area contributed by atoms with Gasteiger partial charge in [0.2, 0.25) is 5.91 Å². The molecule has 0 saturated carbocycles. The van der Waals surface area contributed by atoms with Crippen LogP contribution in [0.25, 0.3) is 0 Å². The van der Waals surface area contributed by atoms with Crippen LogP contribution in [-0.2, 0) is 4.79 Å². The van der Waals surface area contributed by atoms with Crippen molar-refractivity contribution in [1.29, 1.82) is 0 Å². The average molecular weight is 234 g/mol. The fourth-order valence-corrected chi connectivity index (χ4v) is 1.72. The summed E-state index contributed by atoms with van der Waals surface area (Å²) in [4.78, 5) is 11.9. The topological polar surface area (TPSA) is 41.1 Å². The number of carbonyl (C=O) groups is 1. The van der Waals surface area contributed by atoms with Crippen LogP contribution in [0.4, 0.5) is 5.69 Å². The molecule has 0 aliphatic heterocycles. The molecule has 2 N–H and O–H groups in total. The third kappa shape index (κ3) is 4.89. The molecule has 1 aromatic rings. The zero-order chi connectivity index (χ0) is 12.7. The Kier molecular flexibility index (Phi) is 5.53. The Bertz CT molecular complexity index is 337. The van der Waals surface area contributed by atoms with Gasteiger partial charge in [0.05, 0.1) is 0 Å². The monoisotopic (exact) mass is 234 g/mol. The van der Waals surface area contributed by atoms with Crippen molar-refractivity contribution in [1.82, 2.24) is 5.32 Å². The third-order valence-electron chi connectivity index (χ3n) is 2.66. The van der Waals surface area contributed by atoms with Gasteiger partial charge in [0.15, 0.2) is 0 Å². The fourth-order valence-electron chi connectivity index (χ4n) is 1.72. The Balaban J connectivity index is 2.42. The first-order valence-electron chi connectivity index (χ1n) is 6.25. The average Bonchev–Trinajstić information content (AvgIpc) is 2.30. The molecule has 0 aliphatic carbocycles. The van der Waals surface area contributed by atoms with Crippen molar-refractivity contribution in [3.8, 4) is 0 Å². The van der Waals surface area contributed by atoms with Crippen LogP contribution in [0.3, 0.4) is 0 Å². The number of benzene rings is 1. The Morgan fingerprint density at radius 3 is 2.47 bits per heavy atom. The van der Waals surface area contributed by atoms with E-state index in [0.717, 1.165) is 18.5 Å². The van der Waals surface area contributed by atoms with Crippen LogP contribution in [0.5, 0.6) is 0 Å². The van der Waals surface area contributed by atoms with E-state index < -0.39 is 0 Å². The molecule has 0 aliphatic rings. The predicted molar refractivity (Wildman–Crippen MR) is 72.0 cm³/mol. The summed E-state index contributed by atoms with van der Waals surface area (Å²) >= 11 is 0. The molecule has 3 heteroatoms. The first kappa shape index (κ1) is 13.6. The van der Waals surface area contributed by atoms with Gasteiger partial charge in [-0.3, -0.25) is 4.79 Å². The highest BCUT2D eigenvalue weighted by atomic mass is 16.2. The van der Waals surface area contributed by atoms with Crippen molar-refractivity contribution in [2.45, 2.75) is 45.7 Å². The van der Waals surface area contributed by atoms with E-state index in [1.54, 1.807) is 0 Å². The molecule has 3 nitrogen and oxygen atoms in total. The molecule has 0 saturated heterocycles. The number of amides is 1. The van der Waals surface area contributed by atoms with E-state index in [1.165, 1.54) is 0 Å². The maximum absolute atomic E-state index is 11.9. The zero-order valence-electron chi connectivity index (χ0n) is 10.9. The van der Waals surface area contributed by atoms with Crippen LogP contribution in [0.15, 0.2) is 30.3 Å². The van der Waals surface area contributed by atoms with Crippen molar-refractivity contribution in [3.05, 3.63) is 30.3 Å². The van der Waals surface area contributed by atoms with E-state index in [2.05, 4.69) is 17.6 Å². The molecule has 0 heterocycles. The molecule has 0 radical (unpaired) electrons. The molecule has 94 valence electrons. The summed E-state index contributed by atoms with van der Waals surface area (Å²) in [7, 11) is 0. The van der Waals surface area contributed by atoms with Crippen LogP contribution in [0, 0.1) is 0 Å². The lowest BCUT2D eigenvalue weighted by molar-refractivity contribution is -0.122. The molecule has 17 heavy (non-hydrogen) atoms. The highest BCUT2D eigenvalue weighted by Crippen LogP contribution is 2.07. The summed E-state index contributed by atoms with van der Waals surface area (Å²) in [5.41, 5.74) is 0.971. The largest absolute Gasteiger partial charge is 0.374 e. The first-order valence-corrected chi connectivity index (χ1v) is 6.25. The van der Waals surface area contributed by atoms with Crippen molar-refractivity contribution in [2.75, 3.05) is 5.32 Å². The minimum Gasteiger partial charge on any atom is -0.374 e. The summed E-state index contributed by atoms with van der Waals surface area (Å²) in [6.45, 7) is 6.03. The van der Waals surface area contributed by atoms with E-state index >= 15 is 0 Å². The van der Waals surface area contributed by atoms with Gasteiger partial charge in [-0.1, -0.05) is 31.5 Å². The van der Waals surface area contributed by atoms with Crippen molar-refractivity contribution in [2.24, 2.45) is 0 Å². The molecule has 1 aromatic carbocycles. The summed E-state index contributed by atoms with van der Waals surface area (Å²) in [5, 5.41) is 6.18. The molecule has 2 atom stereocenters. The molecule has 0 aromatic heterocycles. The van der Waals surface area contributed by atoms with Crippen LogP contribution < -0.4 is 10.6 Å². The smallest absolute Gasteiger partial charge is 0.242 e. The second-order valence-electron chi connectivity index (χ2n) is 4.43. The number of hydrogen-bond acceptors (Lipinski definition) is 2. The molecule has 0 bridgehead atoms. The molecular formula is C14H22N2O. The van der Waals surface area contributed by atoms with Gasteiger partial charge in [-0.2, -0.15) is 0 Å². The number of carbonyl (C=O) groups excluding carboxylic acids is 1. The van der Waals surface area contributed by atoms with E-state index in [1.807, 2.05) is 44.2 Å². The summed E-state index contributed by atoms with van der Waals surface area (Å²) in [5.74, 6) is 0.0507. The third-order valence-corrected chi connectivity index (χ3v) is 2.66. The van der Waals surface area contributed by atoms with Gasteiger partial charge in [0, 0.05) is 11.7 Å². The van der Waals surface area contributed by atoms with Gasteiger partial charge in [0.25, 0.3) is 0 Å². The molecular weight excluding hydrogens is 212 g/mol. The van der Waals surface area contributed by atoms with E-state index in [4.69, 9.17) is 0 Å².